The Hall–Kier alpha value is -7.16. The smallest absolute Gasteiger partial charge is 0.0566 e. The molecule has 0 heterocycles. The summed E-state index contributed by atoms with van der Waals surface area (Å²) in [5, 5.41) is 15.3. The molecule has 0 aromatic heterocycles. The first-order valence-corrected chi connectivity index (χ1v) is 22.9. The SMILES string of the molecule is CC(C)(C)c1c2c(c(C(C)(C)C)c3cc(N(c4cccc5ccccc45)c4cccc5ccccc45)ccc13)=CCC(N(c1cccc3ccccc13)c1cccc3ccccc13)C=2. The van der Waals surface area contributed by atoms with Crippen molar-refractivity contribution >= 4 is 94.5 Å². The number of benzene rings is 10. The van der Waals surface area contributed by atoms with Crippen LogP contribution >= 0.6 is 0 Å². The van der Waals surface area contributed by atoms with Gasteiger partial charge in [0.15, 0.2) is 0 Å². The second kappa shape index (κ2) is 15.3. The van der Waals surface area contributed by atoms with E-state index in [0.717, 1.165) is 12.1 Å². The monoisotopic (exact) mass is 826 g/mol. The van der Waals surface area contributed by atoms with Crippen LogP contribution in [0.1, 0.15) is 59.1 Å². The molecule has 1 unspecified atom stereocenters. The van der Waals surface area contributed by atoms with Crippen molar-refractivity contribution in [1.29, 1.82) is 0 Å². The number of rotatable bonds is 6. The van der Waals surface area contributed by atoms with Crippen LogP contribution in [-0.2, 0) is 10.8 Å². The van der Waals surface area contributed by atoms with Crippen molar-refractivity contribution in [2.45, 2.75) is 64.8 Å². The molecule has 1 atom stereocenters. The molecule has 312 valence electrons. The Bertz CT molecular complexity index is 3400. The lowest BCUT2D eigenvalue weighted by Crippen LogP contribution is -2.45. The third-order valence-corrected chi connectivity index (χ3v) is 13.5. The summed E-state index contributed by atoms with van der Waals surface area (Å²) >= 11 is 0. The Morgan fingerprint density at radius 2 is 0.766 bits per heavy atom. The number of nitrogens with zero attached hydrogens (tertiary/aromatic N) is 2. The molecule has 0 fully saturated rings. The Balaban J connectivity index is 1.20. The van der Waals surface area contributed by atoms with E-state index >= 15 is 0 Å². The third kappa shape index (κ3) is 6.63. The van der Waals surface area contributed by atoms with Gasteiger partial charge in [0.1, 0.15) is 0 Å². The predicted octanol–water partition coefficient (Wildman–Crippen LogP) is 15.7. The van der Waals surface area contributed by atoms with Gasteiger partial charge in [-0.2, -0.15) is 0 Å². The first kappa shape index (κ1) is 39.7. The van der Waals surface area contributed by atoms with Gasteiger partial charge in [0, 0.05) is 38.6 Å². The van der Waals surface area contributed by atoms with Gasteiger partial charge in [0.25, 0.3) is 0 Å². The van der Waals surface area contributed by atoms with Crippen LogP contribution in [0.2, 0.25) is 0 Å². The first-order chi connectivity index (χ1) is 31.0. The number of hydrogen-bond donors (Lipinski definition) is 0. The molecule has 0 aliphatic heterocycles. The van der Waals surface area contributed by atoms with Crippen LogP contribution in [0.15, 0.2) is 188 Å². The van der Waals surface area contributed by atoms with E-state index in [1.807, 2.05) is 0 Å². The Morgan fingerprint density at radius 1 is 0.375 bits per heavy atom. The maximum atomic E-state index is 2.63. The lowest BCUT2D eigenvalue weighted by atomic mass is 9.74. The minimum atomic E-state index is -0.152. The van der Waals surface area contributed by atoms with E-state index in [4.69, 9.17) is 0 Å². The molecule has 0 spiro atoms. The maximum absolute atomic E-state index is 2.63. The lowest BCUT2D eigenvalue weighted by Gasteiger charge is -2.37. The van der Waals surface area contributed by atoms with Gasteiger partial charge in [-0.05, 0) is 108 Å². The van der Waals surface area contributed by atoms with E-state index in [1.165, 1.54) is 98.2 Å². The fourth-order valence-electron chi connectivity index (χ4n) is 10.9. The molecule has 1 aliphatic carbocycles. The summed E-state index contributed by atoms with van der Waals surface area (Å²) in [6.07, 6.45) is 6.08. The van der Waals surface area contributed by atoms with Crippen LogP contribution in [0.4, 0.5) is 28.4 Å². The van der Waals surface area contributed by atoms with Crippen LogP contribution in [0.5, 0.6) is 0 Å². The largest absolute Gasteiger partial charge is 0.333 e. The van der Waals surface area contributed by atoms with Gasteiger partial charge < -0.3 is 9.80 Å². The molecule has 1 aliphatic rings. The zero-order valence-electron chi connectivity index (χ0n) is 37.7. The molecule has 10 aromatic carbocycles. The van der Waals surface area contributed by atoms with Crippen molar-refractivity contribution < 1.29 is 0 Å². The van der Waals surface area contributed by atoms with E-state index < -0.39 is 0 Å². The fourth-order valence-corrected chi connectivity index (χ4v) is 10.9. The zero-order valence-corrected chi connectivity index (χ0v) is 37.7. The van der Waals surface area contributed by atoms with Crippen molar-refractivity contribution in [3.63, 3.8) is 0 Å². The molecule has 0 N–H and O–H groups in total. The average Bonchev–Trinajstić information content (AvgIpc) is 3.30. The molecule has 10 aromatic rings. The standard InChI is InChI=1S/C62H54N2/c1-61(2,3)59-51-37-35-46(64(57-33-17-25-43-21-9-13-29-49(43)57)58-34-18-26-44-22-10-14-30-50(44)58)40-54(51)60(62(4,5)6)52-38-36-45(39-53(52)59)63(55-31-15-23-41-19-7-11-27-47(41)55)56-32-16-24-42-20-8-12-28-48(42)56/h7-35,37-40,45H,36H2,1-6H3. The lowest BCUT2D eigenvalue weighted by molar-refractivity contribution is 0.576. The molecular weight excluding hydrogens is 773 g/mol. The van der Waals surface area contributed by atoms with Crippen LogP contribution in [0, 0.1) is 0 Å². The van der Waals surface area contributed by atoms with Gasteiger partial charge >= 0.3 is 0 Å². The van der Waals surface area contributed by atoms with Crippen LogP contribution in [0.3, 0.4) is 0 Å². The molecule has 0 saturated heterocycles. The second-order valence-electron chi connectivity index (χ2n) is 19.7. The molecular formula is C62H54N2. The number of fused-ring (bicyclic) bond motifs is 6. The quantitative estimate of drug-likeness (QED) is 0.165. The molecule has 0 amide bonds. The molecule has 0 bridgehead atoms. The van der Waals surface area contributed by atoms with E-state index in [1.54, 1.807) is 0 Å². The van der Waals surface area contributed by atoms with Crippen molar-refractivity contribution in [2.24, 2.45) is 0 Å². The van der Waals surface area contributed by atoms with Gasteiger partial charge in [0.2, 0.25) is 0 Å². The number of anilines is 5. The summed E-state index contributed by atoms with van der Waals surface area (Å²) in [6, 6.07) is 69.6. The second-order valence-corrected chi connectivity index (χ2v) is 19.7. The maximum Gasteiger partial charge on any atom is 0.0566 e. The fraction of sp³-hybridized carbons (Fsp3) is 0.161. The Labute approximate surface area is 377 Å². The van der Waals surface area contributed by atoms with E-state index in [2.05, 4.69) is 252 Å². The zero-order chi connectivity index (χ0) is 43.7. The summed E-state index contributed by atoms with van der Waals surface area (Å²) in [4.78, 5) is 5.14. The van der Waals surface area contributed by atoms with Gasteiger partial charge in [0.05, 0.1) is 17.4 Å². The molecule has 11 rings (SSSR count). The topological polar surface area (TPSA) is 6.48 Å². The highest BCUT2D eigenvalue weighted by Gasteiger charge is 2.31. The van der Waals surface area contributed by atoms with E-state index in [0.29, 0.717) is 0 Å². The van der Waals surface area contributed by atoms with Crippen LogP contribution < -0.4 is 20.2 Å². The summed E-state index contributed by atoms with van der Waals surface area (Å²) in [5.41, 5.74) is 8.46. The van der Waals surface area contributed by atoms with Crippen molar-refractivity contribution in [1.82, 2.24) is 0 Å². The Morgan fingerprint density at radius 3 is 1.22 bits per heavy atom. The van der Waals surface area contributed by atoms with Crippen LogP contribution in [0.25, 0.3) is 66.0 Å². The van der Waals surface area contributed by atoms with E-state index in [9.17, 15) is 0 Å². The van der Waals surface area contributed by atoms with Crippen molar-refractivity contribution in [2.75, 3.05) is 9.80 Å². The first-order valence-electron chi connectivity index (χ1n) is 22.9. The van der Waals surface area contributed by atoms with Crippen LogP contribution in [-0.4, -0.2) is 6.04 Å². The van der Waals surface area contributed by atoms with Gasteiger partial charge in [-0.15, -0.1) is 0 Å². The third-order valence-electron chi connectivity index (χ3n) is 13.5. The predicted molar refractivity (Wildman–Crippen MR) is 278 cm³/mol. The highest BCUT2D eigenvalue weighted by molar-refractivity contribution is 6.07. The molecule has 2 heteroatoms. The highest BCUT2D eigenvalue weighted by Crippen LogP contribution is 2.45. The van der Waals surface area contributed by atoms with E-state index in [-0.39, 0.29) is 16.9 Å². The van der Waals surface area contributed by atoms with Gasteiger partial charge in [-0.25, -0.2) is 0 Å². The van der Waals surface area contributed by atoms with Crippen molar-refractivity contribution in [3.05, 3.63) is 210 Å². The molecule has 0 radical (unpaired) electrons. The van der Waals surface area contributed by atoms with Crippen molar-refractivity contribution in [3.8, 4) is 0 Å². The normalized spacial score (nSPS) is 14.1. The molecule has 0 saturated carbocycles. The highest BCUT2D eigenvalue weighted by atomic mass is 15.2. The summed E-state index contributed by atoms with van der Waals surface area (Å²) in [7, 11) is 0. The number of hydrogen-bond acceptors (Lipinski definition) is 2. The van der Waals surface area contributed by atoms with Gasteiger partial charge in [-0.3, -0.25) is 0 Å². The Kier molecular flexibility index (Phi) is 9.47. The minimum absolute atomic E-state index is 0.0722. The average molecular weight is 827 g/mol. The minimum Gasteiger partial charge on any atom is -0.333 e. The van der Waals surface area contributed by atoms with Gasteiger partial charge in [-0.1, -0.05) is 205 Å². The molecule has 64 heavy (non-hydrogen) atoms. The summed E-state index contributed by atoms with van der Waals surface area (Å²) in [5.74, 6) is 0. The summed E-state index contributed by atoms with van der Waals surface area (Å²) < 4.78 is 0. The molecule has 2 nitrogen and oxygen atoms in total. The summed E-state index contributed by atoms with van der Waals surface area (Å²) in [6.45, 7) is 14.4.